The van der Waals surface area contributed by atoms with Crippen molar-refractivity contribution in [3.05, 3.63) is 29.3 Å². The maximum Gasteiger partial charge on any atom is 0.168 e. The molecular weight excluding hydrogens is 511 g/mol. The zero-order chi connectivity index (χ0) is 27.0. The highest BCUT2D eigenvalue weighted by Crippen LogP contribution is 2.46. The monoisotopic (exact) mass is 568 g/mol. The molecule has 0 saturated carbocycles. The van der Waals surface area contributed by atoms with Gasteiger partial charge in [0, 0.05) is 0 Å². The van der Waals surface area contributed by atoms with Gasteiger partial charge < -0.3 is 33.9 Å². The molecule has 0 unspecified atom stereocenters. The van der Waals surface area contributed by atoms with Crippen LogP contribution in [0.1, 0.15) is 166 Å². The topological polar surface area (TPSA) is 32.3 Å². The molecule has 5 heteroatoms. The Balaban J connectivity index is 2.31. The van der Waals surface area contributed by atoms with Crippen LogP contribution in [-0.4, -0.2) is 0 Å². The van der Waals surface area contributed by atoms with Crippen molar-refractivity contribution in [1.82, 2.24) is 0 Å². The van der Waals surface area contributed by atoms with E-state index < -0.39 is 6.12 Å². The van der Waals surface area contributed by atoms with Gasteiger partial charge in [0.05, 0.1) is 0 Å². The Morgan fingerprint density at radius 2 is 0.892 bits per heavy atom. The van der Waals surface area contributed by atoms with Crippen molar-refractivity contribution in [1.29, 1.82) is 0 Å². The van der Waals surface area contributed by atoms with Gasteiger partial charge in [-0.05, 0) is 48.9 Å². The van der Waals surface area contributed by atoms with Crippen molar-refractivity contribution in [2.45, 2.75) is 168 Å². The second kappa shape index (κ2) is 24.0. The van der Waals surface area contributed by atoms with E-state index in [4.69, 9.17) is 29.0 Å². The van der Waals surface area contributed by atoms with Crippen LogP contribution in [0.4, 0.5) is 0 Å². The van der Waals surface area contributed by atoms with E-state index in [0.29, 0.717) is 5.75 Å². The van der Waals surface area contributed by atoms with Crippen molar-refractivity contribution in [2.24, 2.45) is 0 Å². The smallest absolute Gasteiger partial charge is 0.168 e. The van der Waals surface area contributed by atoms with E-state index in [9.17, 15) is 4.89 Å². The average Bonchev–Trinajstić information content (AvgIpc) is 2.86. The number of benzene rings is 1. The third-order valence-electron chi connectivity index (χ3n) is 7.49. The maximum atomic E-state index is 11.8. The SMILES string of the molecule is CCCCCCCCCCCCCc1ccc(O[P+]([O-])([S-])[S-])cc1CCCCCCCCCCCCC. The van der Waals surface area contributed by atoms with Gasteiger partial charge in [-0.1, -0.05) is 148 Å². The summed E-state index contributed by atoms with van der Waals surface area (Å²) in [4.78, 5) is 11.8. The number of aryl methyl sites for hydroxylation is 2. The van der Waals surface area contributed by atoms with Crippen molar-refractivity contribution in [3.63, 3.8) is 0 Å². The second-order valence-corrected chi connectivity index (χ2v) is 15.7. The van der Waals surface area contributed by atoms with Crippen molar-refractivity contribution < 1.29 is 9.42 Å². The summed E-state index contributed by atoms with van der Waals surface area (Å²) in [7, 11) is 0. The van der Waals surface area contributed by atoms with Crippen molar-refractivity contribution in [3.8, 4) is 5.75 Å². The third kappa shape index (κ3) is 21.6. The highest BCUT2D eigenvalue weighted by atomic mass is 33.1. The Morgan fingerprint density at radius 3 is 1.27 bits per heavy atom. The van der Waals surface area contributed by atoms with Crippen LogP contribution in [0.5, 0.6) is 5.75 Å². The number of hydrogen-bond acceptors (Lipinski definition) is 4. The summed E-state index contributed by atoms with van der Waals surface area (Å²) in [5.41, 5.74) is 2.75. The van der Waals surface area contributed by atoms with Crippen LogP contribution >= 0.6 is 6.12 Å². The molecule has 0 bridgehead atoms. The molecule has 2 nitrogen and oxygen atoms in total. The lowest BCUT2D eigenvalue weighted by molar-refractivity contribution is -0.169. The largest absolute Gasteiger partial charge is 0.682 e. The maximum absolute atomic E-state index is 11.8. The minimum absolute atomic E-state index is 0.578. The highest BCUT2D eigenvalue weighted by molar-refractivity contribution is 8.69. The summed E-state index contributed by atoms with van der Waals surface area (Å²) in [5, 5.41) is 0. The molecule has 0 aliphatic rings. The Labute approximate surface area is 242 Å². The zero-order valence-electron chi connectivity index (χ0n) is 24.3. The average molecular weight is 569 g/mol. The molecular formula is C32H57O2PS2-2. The van der Waals surface area contributed by atoms with E-state index in [1.54, 1.807) is 0 Å². The molecule has 0 aromatic heterocycles. The molecule has 0 aliphatic heterocycles. The molecule has 216 valence electrons. The van der Waals surface area contributed by atoms with Gasteiger partial charge >= 0.3 is 0 Å². The van der Waals surface area contributed by atoms with Crippen molar-refractivity contribution >= 4 is 30.6 Å². The van der Waals surface area contributed by atoms with Gasteiger partial charge in [-0.3, -0.25) is 0 Å². The molecule has 0 fully saturated rings. The summed E-state index contributed by atoms with van der Waals surface area (Å²) in [6, 6.07) is 6.11. The molecule has 0 amide bonds. The Bertz CT molecular complexity index is 648. The quantitative estimate of drug-likeness (QED) is 0.0632. The summed E-state index contributed by atoms with van der Waals surface area (Å²) in [5.74, 6) is 0.578. The first-order valence-electron chi connectivity index (χ1n) is 15.8. The van der Waals surface area contributed by atoms with Gasteiger partial charge in [0.1, 0.15) is 0 Å². The molecule has 0 heterocycles. The Hall–Kier alpha value is 0.110. The van der Waals surface area contributed by atoms with E-state index in [1.165, 1.54) is 152 Å². The summed E-state index contributed by atoms with van der Waals surface area (Å²) in [6.07, 6.45) is 28.7. The molecule has 1 aromatic carbocycles. The number of hydrogen-bond donors (Lipinski definition) is 0. The first kappa shape index (κ1) is 35.1. The zero-order valence-corrected chi connectivity index (χ0v) is 26.8. The van der Waals surface area contributed by atoms with E-state index >= 15 is 0 Å². The third-order valence-corrected chi connectivity index (χ3v) is 8.38. The van der Waals surface area contributed by atoms with Crippen LogP contribution in [0.2, 0.25) is 0 Å². The van der Waals surface area contributed by atoms with Gasteiger partial charge in [-0.25, -0.2) is 0 Å². The van der Waals surface area contributed by atoms with Crippen LogP contribution in [0, 0.1) is 0 Å². The Morgan fingerprint density at radius 1 is 0.541 bits per heavy atom. The highest BCUT2D eigenvalue weighted by Gasteiger charge is 2.08. The molecule has 0 N–H and O–H groups in total. The van der Waals surface area contributed by atoms with E-state index in [2.05, 4.69) is 26.0 Å². The lowest BCUT2D eigenvalue weighted by Crippen LogP contribution is -2.09. The van der Waals surface area contributed by atoms with Crippen molar-refractivity contribution in [2.75, 3.05) is 0 Å². The normalized spacial score (nSPS) is 11.8. The fourth-order valence-corrected chi connectivity index (χ4v) is 6.11. The molecule has 0 atom stereocenters. The van der Waals surface area contributed by atoms with Crippen LogP contribution in [0.3, 0.4) is 0 Å². The van der Waals surface area contributed by atoms with E-state index in [1.807, 2.05) is 6.07 Å². The predicted octanol–water partition coefficient (Wildman–Crippen LogP) is 10.9. The Kier molecular flexibility index (Phi) is 22.7. The van der Waals surface area contributed by atoms with Gasteiger partial charge in [0.2, 0.25) is 0 Å². The minimum atomic E-state index is -3.36. The molecule has 37 heavy (non-hydrogen) atoms. The minimum Gasteiger partial charge on any atom is -0.682 e. The van der Waals surface area contributed by atoms with E-state index in [-0.39, 0.29) is 0 Å². The summed E-state index contributed by atoms with van der Waals surface area (Å²) < 4.78 is 5.40. The summed E-state index contributed by atoms with van der Waals surface area (Å²) in [6.45, 7) is 4.56. The molecule has 1 rings (SSSR count). The molecule has 0 spiro atoms. The number of rotatable bonds is 26. The van der Waals surface area contributed by atoms with Gasteiger partial charge in [0.15, 0.2) is 5.75 Å². The van der Waals surface area contributed by atoms with Gasteiger partial charge in [-0.2, -0.15) is 0 Å². The first-order valence-corrected chi connectivity index (χ1v) is 19.4. The summed E-state index contributed by atoms with van der Waals surface area (Å²) >= 11 is 9.67. The fraction of sp³-hybridized carbons (Fsp3) is 0.812. The first-order chi connectivity index (χ1) is 18.0. The molecule has 1 aromatic rings. The fourth-order valence-electron chi connectivity index (χ4n) is 5.22. The lowest BCUT2D eigenvalue weighted by Gasteiger charge is -2.42. The second-order valence-electron chi connectivity index (χ2n) is 11.0. The van der Waals surface area contributed by atoms with Crippen LogP contribution < -0.4 is 9.42 Å². The number of unbranched alkanes of at least 4 members (excludes halogenated alkanes) is 20. The van der Waals surface area contributed by atoms with E-state index in [0.717, 1.165) is 12.8 Å². The standard InChI is InChI=1S/C32H59O2PS2/c1-3-5-7-9-11-13-15-17-19-21-23-25-30-27-28-32(34-35(33,36)37)29-31(30)26-24-22-20-18-16-14-12-10-8-6-4-2/h27-29H,3-26H2,1-2H3,(H2,33,36,37)/p-2. The molecule has 0 aliphatic carbocycles. The van der Waals surface area contributed by atoms with Crippen LogP contribution in [0.15, 0.2) is 18.2 Å². The van der Waals surface area contributed by atoms with Crippen LogP contribution in [-0.2, 0) is 37.3 Å². The molecule has 0 saturated heterocycles. The lowest BCUT2D eigenvalue weighted by atomic mass is 9.96. The van der Waals surface area contributed by atoms with Gasteiger partial charge in [-0.15, -0.1) is 6.12 Å². The predicted molar refractivity (Wildman–Crippen MR) is 169 cm³/mol. The molecule has 0 radical (unpaired) electrons. The van der Waals surface area contributed by atoms with Gasteiger partial charge in [0.25, 0.3) is 0 Å². The van der Waals surface area contributed by atoms with Crippen LogP contribution in [0.25, 0.3) is 0 Å².